The van der Waals surface area contributed by atoms with Crippen molar-refractivity contribution in [3.05, 3.63) is 59.0 Å². The Hall–Kier alpha value is -3.69. The summed E-state index contributed by atoms with van der Waals surface area (Å²) in [4.78, 5) is 40.0. The van der Waals surface area contributed by atoms with Gasteiger partial charge >= 0.3 is 12.1 Å². The molecule has 1 unspecified atom stereocenters. The van der Waals surface area contributed by atoms with Gasteiger partial charge in [0.05, 0.1) is 0 Å². The van der Waals surface area contributed by atoms with Crippen molar-refractivity contribution >= 4 is 23.8 Å². The van der Waals surface area contributed by atoms with E-state index in [2.05, 4.69) is 27.0 Å². The average Bonchev–Trinajstić information content (AvgIpc) is 2.85. The lowest BCUT2D eigenvalue weighted by molar-refractivity contribution is -0.139. The van der Waals surface area contributed by atoms with Gasteiger partial charge in [-0.2, -0.15) is 0 Å². The second kappa shape index (κ2) is 13.3. The quantitative estimate of drug-likeness (QED) is 0.339. The van der Waals surface area contributed by atoms with Gasteiger partial charge in [0, 0.05) is 30.8 Å². The number of nitrogens with zero attached hydrogens (tertiary/aromatic N) is 1. The van der Waals surface area contributed by atoms with Crippen molar-refractivity contribution in [1.29, 1.82) is 0 Å². The number of nitrogens with one attached hydrogen (secondary N) is 3. The minimum atomic E-state index is -1.26. The van der Waals surface area contributed by atoms with Crippen molar-refractivity contribution < 1.29 is 28.6 Å². The van der Waals surface area contributed by atoms with E-state index in [-0.39, 0.29) is 31.0 Å². The summed E-state index contributed by atoms with van der Waals surface area (Å²) < 4.78 is 18.5. The van der Waals surface area contributed by atoms with E-state index in [0.717, 1.165) is 43.7 Å². The maximum Gasteiger partial charge on any atom is 0.408 e. The van der Waals surface area contributed by atoms with Gasteiger partial charge in [0.25, 0.3) is 0 Å². The number of amides is 2. The molecule has 188 valence electrons. The molecule has 0 radical (unpaired) electrons. The maximum absolute atomic E-state index is 13.6. The number of rotatable bonds is 12. The fraction of sp³-hybridized carbons (Fsp3) is 0.440. The number of carboxylic acids is 1. The summed E-state index contributed by atoms with van der Waals surface area (Å²) in [6, 6.07) is 8.72. The molecule has 9 nitrogen and oxygen atoms in total. The number of carbonyl (C=O) groups excluding carboxylic acids is 2. The molecule has 35 heavy (non-hydrogen) atoms. The number of carboxylic acid groups (broad SMARTS) is 1. The fourth-order valence-electron chi connectivity index (χ4n) is 3.74. The fourth-order valence-corrected chi connectivity index (χ4v) is 3.74. The number of unbranched alkanes of at least 4 members (excludes halogenated alkanes) is 1. The van der Waals surface area contributed by atoms with Gasteiger partial charge in [0.2, 0.25) is 5.91 Å². The van der Waals surface area contributed by atoms with Crippen LogP contribution in [0.5, 0.6) is 0 Å². The van der Waals surface area contributed by atoms with E-state index in [0.29, 0.717) is 12.8 Å². The third kappa shape index (κ3) is 8.55. The number of anilines is 1. The van der Waals surface area contributed by atoms with E-state index in [1.165, 1.54) is 23.8 Å². The summed E-state index contributed by atoms with van der Waals surface area (Å²) in [6.07, 6.45) is 3.77. The number of halogens is 1. The molecule has 2 aromatic rings. The molecule has 2 heterocycles. The summed E-state index contributed by atoms with van der Waals surface area (Å²) in [5.74, 6) is -0.997. The van der Waals surface area contributed by atoms with Gasteiger partial charge in [0.1, 0.15) is 24.3 Å². The van der Waals surface area contributed by atoms with Crippen molar-refractivity contribution in [1.82, 2.24) is 15.6 Å². The molecule has 0 saturated carbocycles. The van der Waals surface area contributed by atoms with E-state index < -0.39 is 23.9 Å². The van der Waals surface area contributed by atoms with Crippen LogP contribution < -0.4 is 16.0 Å². The van der Waals surface area contributed by atoms with Gasteiger partial charge in [-0.05, 0) is 56.2 Å². The van der Waals surface area contributed by atoms with Crippen molar-refractivity contribution in [3.8, 4) is 0 Å². The lowest BCUT2D eigenvalue weighted by Crippen LogP contribution is -2.43. The molecule has 1 atom stereocenters. The van der Waals surface area contributed by atoms with E-state index in [9.17, 15) is 23.9 Å². The molecule has 0 fully saturated rings. The Morgan fingerprint density at radius 1 is 1.17 bits per heavy atom. The number of hydrogen-bond donors (Lipinski definition) is 4. The number of aliphatic carboxylic acids is 1. The number of benzene rings is 1. The zero-order valence-corrected chi connectivity index (χ0v) is 19.5. The highest BCUT2D eigenvalue weighted by Gasteiger charge is 2.21. The molecule has 2 amide bonds. The number of alkyl carbamates (subject to hydrolysis) is 1. The third-order valence-electron chi connectivity index (χ3n) is 5.70. The molecule has 1 aliphatic rings. The molecule has 1 aromatic carbocycles. The summed E-state index contributed by atoms with van der Waals surface area (Å²) >= 11 is 0. The largest absolute Gasteiger partial charge is 0.480 e. The summed E-state index contributed by atoms with van der Waals surface area (Å²) in [5.41, 5.74) is 2.42. The topological polar surface area (TPSA) is 130 Å². The molecule has 0 aliphatic carbocycles. The Bertz CT molecular complexity index is 1030. The summed E-state index contributed by atoms with van der Waals surface area (Å²) in [5, 5.41) is 17.5. The van der Waals surface area contributed by atoms with Crippen molar-refractivity contribution in [2.45, 2.75) is 57.6 Å². The van der Waals surface area contributed by atoms with Crippen LogP contribution in [0.2, 0.25) is 0 Å². The van der Waals surface area contributed by atoms with E-state index >= 15 is 0 Å². The first-order valence-electron chi connectivity index (χ1n) is 11.8. The summed E-state index contributed by atoms with van der Waals surface area (Å²) in [6.45, 7) is 0.706. The van der Waals surface area contributed by atoms with Crippen molar-refractivity contribution in [2.75, 3.05) is 18.4 Å². The van der Waals surface area contributed by atoms with Crippen LogP contribution >= 0.6 is 0 Å². The molecule has 1 aromatic heterocycles. The normalized spacial score (nSPS) is 13.2. The molecule has 4 N–H and O–H groups in total. The van der Waals surface area contributed by atoms with Crippen LogP contribution in [0.15, 0.2) is 36.4 Å². The average molecular weight is 487 g/mol. The number of ether oxygens (including phenoxy) is 1. The second-order valence-corrected chi connectivity index (χ2v) is 8.39. The number of carbonyl (C=O) groups is 3. The highest BCUT2D eigenvalue weighted by molar-refractivity contribution is 5.80. The Morgan fingerprint density at radius 2 is 2.00 bits per heavy atom. The standard InChI is InChI=1S/C25H31FN4O5/c26-20-9-3-1-6-18(20)16-35-25(34)30-21(24(32)33)13-15-27-22(31)10-4-2-8-19-12-11-17-7-5-14-28-23(17)29-19/h1,3,6,9,11-12,21H,2,4-5,7-8,10,13-16H2,(H,27,31)(H,28,29)(H,30,34)(H,32,33). The van der Waals surface area contributed by atoms with Crippen LogP contribution in [0.3, 0.4) is 0 Å². The van der Waals surface area contributed by atoms with E-state index in [4.69, 9.17) is 4.74 Å². The maximum atomic E-state index is 13.6. The van der Waals surface area contributed by atoms with Gasteiger partial charge in [-0.1, -0.05) is 24.3 Å². The monoisotopic (exact) mass is 486 g/mol. The molecule has 10 heteroatoms. The predicted octanol–water partition coefficient (Wildman–Crippen LogP) is 3.18. The Labute approximate surface area is 203 Å². The molecular formula is C25H31FN4O5. The second-order valence-electron chi connectivity index (χ2n) is 8.39. The van der Waals surface area contributed by atoms with Crippen LogP contribution in [0.25, 0.3) is 0 Å². The number of hydrogen-bond acceptors (Lipinski definition) is 6. The Morgan fingerprint density at radius 3 is 2.80 bits per heavy atom. The molecule has 3 rings (SSSR count). The molecule has 0 spiro atoms. The van der Waals surface area contributed by atoms with Gasteiger partial charge in [-0.15, -0.1) is 0 Å². The SMILES string of the molecule is O=C(CCCCc1ccc2c(n1)NCCC2)NCCC(NC(=O)OCc1ccccc1F)C(=O)O. The van der Waals surface area contributed by atoms with Gasteiger partial charge in [-0.3, -0.25) is 4.79 Å². The Balaban J connectivity index is 1.30. The first kappa shape index (κ1) is 25.9. The van der Waals surface area contributed by atoms with Crippen molar-refractivity contribution in [3.63, 3.8) is 0 Å². The highest BCUT2D eigenvalue weighted by Crippen LogP contribution is 2.20. The van der Waals surface area contributed by atoms with Gasteiger partial charge in [0.15, 0.2) is 0 Å². The van der Waals surface area contributed by atoms with Crippen LogP contribution in [-0.2, 0) is 33.8 Å². The molecule has 0 bridgehead atoms. The summed E-state index contributed by atoms with van der Waals surface area (Å²) in [7, 11) is 0. The molecule has 0 saturated heterocycles. The van der Waals surface area contributed by atoms with Crippen LogP contribution in [-0.4, -0.2) is 47.2 Å². The van der Waals surface area contributed by atoms with Gasteiger partial charge < -0.3 is 25.8 Å². The van der Waals surface area contributed by atoms with Crippen LogP contribution in [0, 0.1) is 5.82 Å². The van der Waals surface area contributed by atoms with Crippen molar-refractivity contribution in [2.24, 2.45) is 0 Å². The minimum Gasteiger partial charge on any atom is -0.480 e. The number of aryl methyl sites for hydroxylation is 2. The highest BCUT2D eigenvalue weighted by atomic mass is 19.1. The van der Waals surface area contributed by atoms with Gasteiger partial charge in [-0.25, -0.2) is 19.0 Å². The molecule has 1 aliphatic heterocycles. The lowest BCUT2D eigenvalue weighted by atomic mass is 10.1. The number of fused-ring (bicyclic) bond motifs is 1. The zero-order valence-electron chi connectivity index (χ0n) is 19.5. The van der Waals surface area contributed by atoms with Crippen LogP contribution in [0.1, 0.15) is 48.9 Å². The minimum absolute atomic E-state index is 0.0120. The van der Waals surface area contributed by atoms with E-state index in [1.54, 1.807) is 6.07 Å². The predicted molar refractivity (Wildman–Crippen MR) is 127 cm³/mol. The first-order chi connectivity index (χ1) is 16.9. The smallest absolute Gasteiger partial charge is 0.408 e. The van der Waals surface area contributed by atoms with Crippen LogP contribution in [0.4, 0.5) is 15.0 Å². The Kier molecular flexibility index (Phi) is 9.82. The zero-order chi connectivity index (χ0) is 25.0. The third-order valence-corrected chi connectivity index (χ3v) is 5.70. The lowest BCUT2D eigenvalue weighted by Gasteiger charge is -2.17. The first-order valence-corrected chi connectivity index (χ1v) is 11.8. The number of pyridine rings is 1. The van der Waals surface area contributed by atoms with E-state index in [1.807, 2.05) is 6.07 Å². The number of aromatic nitrogens is 1. The molecular weight excluding hydrogens is 455 g/mol.